The number of carbonyl (C=O) groups excluding carboxylic acids is 1. The highest BCUT2D eigenvalue weighted by atomic mass is 32.1. The van der Waals surface area contributed by atoms with Crippen molar-refractivity contribution in [1.29, 1.82) is 0 Å². The second-order valence-electron chi connectivity index (χ2n) is 4.58. The number of carbonyl (C=O) groups is 1. The average Bonchev–Trinajstić information content (AvgIpc) is 2.72. The van der Waals surface area contributed by atoms with E-state index in [1.807, 2.05) is 13.0 Å². The van der Waals surface area contributed by atoms with Gasteiger partial charge in [-0.2, -0.15) is 0 Å². The predicted octanol–water partition coefficient (Wildman–Crippen LogP) is 1.31. The molecule has 5 heteroatoms. The van der Waals surface area contributed by atoms with Gasteiger partial charge in [0.2, 0.25) is 0 Å². The van der Waals surface area contributed by atoms with Crippen LogP contribution in [0.3, 0.4) is 0 Å². The summed E-state index contributed by atoms with van der Waals surface area (Å²) in [6.07, 6.45) is 2.04. The van der Waals surface area contributed by atoms with E-state index in [0.717, 1.165) is 23.3 Å². The minimum absolute atomic E-state index is 0.0512. The largest absolute Gasteiger partial charge is 0.384 e. The van der Waals surface area contributed by atoms with E-state index >= 15 is 0 Å². The molecule has 1 heterocycles. The molecule has 102 valence electrons. The third-order valence-corrected chi connectivity index (χ3v) is 4.34. The van der Waals surface area contributed by atoms with E-state index in [1.165, 1.54) is 11.3 Å². The van der Waals surface area contributed by atoms with E-state index in [0.29, 0.717) is 4.88 Å². The molecule has 1 aromatic rings. The van der Waals surface area contributed by atoms with E-state index in [1.54, 1.807) is 7.11 Å². The van der Waals surface area contributed by atoms with Crippen molar-refractivity contribution in [3.63, 3.8) is 0 Å². The highest BCUT2D eigenvalue weighted by Crippen LogP contribution is 2.25. The summed E-state index contributed by atoms with van der Waals surface area (Å²) >= 11 is 1.36. The molecule has 0 spiro atoms. The normalized spacial score (nSPS) is 21.2. The van der Waals surface area contributed by atoms with E-state index in [4.69, 9.17) is 9.84 Å². The Balaban J connectivity index is 1.96. The maximum Gasteiger partial charge on any atom is 0.261 e. The van der Waals surface area contributed by atoms with E-state index in [9.17, 15) is 4.79 Å². The lowest BCUT2D eigenvalue weighted by atomic mass is 9.89. The number of aryl methyl sites for hydroxylation is 1. The smallest absolute Gasteiger partial charge is 0.261 e. The van der Waals surface area contributed by atoms with Crippen molar-refractivity contribution in [2.45, 2.75) is 31.9 Å². The number of hydrogen-bond donors (Lipinski definition) is 2. The summed E-state index contributed by atoms with van der Waals surface area (Å²) in [5, 5.41) is 11.7. The van der Waals surface area contributed by atoms with Crippen LogP contribution in [-0.4, -0.2) is 36.9 Å². The molecule has 1 fully saturated rings. The fourth-order valence-electron chi connectivity index (χ4n) is 1.97. The third kappa shape index (κ3) is 3.35. The van der Waals surface area contributed by atoms with Crippen LogP contribution in [0, 0.1) is 18.8 Å². The van der Waals surface area contributed by atoms with Gasteiger partial charge >= 0.3 is 0 Å². The van der Waals surface area contributed by atoms with Gasteiger partial charge < -0.3 is 15.2 Å². The lowest BCUT2D eigenvalue weighted by Gasteiger charge is -2.34. The Labute approximate surface area is 116 Å². The first-order chi connectivity index (χ1) is 9.13. The Morgan fingerprint density at radius 1 is 1.63 bits per heavy atom. The van der Waals surface area contributed by atoms with Crippen LogP contribution >= 0.6 is 11.3 Å². The molecule has 0 atom stereocenters. The molecule has 0 aliphatic heterocycles. The Kier molecular flexibility index (Phi) is 4.59. The molecule has 1 amide bonds. The molecule has 1 aromatic heterocycles. The topological polar surface area (TPSA) is 58.6 Å². The highest BCUT2D eigenvalue weighted by molar-refractivity contribution is 7.14. The van der Waals surface area contributed by atoms with Gasteiger partial charge in [0, 0.05) is 13.2 Å². The van der Waals surface area contributed by atoms with Gasteiger partial charge in [-0.25, -0.2) is 0 Å². The molecule has 0 aromatic carbocycles. The Hall–Kier alpha value is -1.35. The summed E-state index contributed by atoms with van der Waals surface area (Å²) < 4.78 is 5.18. The van der Waals surface area contributed by atoms with Gasteiger partial charge in [0.05, 0.1) is 15.9 Å². The van der Waals surface area contributed by atoms with Crippen molar-refractivity contribution in [3.8, 4) is 11.8 Å². The summed E-state index contributed by atoms with van der Waals surface area (Å²) in [6, 6.07) is 2.06. The van der Waals surface area contributed by atoms with Crippen LogP contribution in [0.2, 0.25) is 0 Å². The maximum absolute atomic E-state index is 12.0. The summed E-state index contributed by atoms with van der Waals surface area (Å²) in [7, 11) is 1.69. The second-order valence-corrected chi connectivity index (χ2v) is 5.63. The quantitative estimate of drug-likeness (QED) is 0.820. The van der Waals surface area contributed by atoms with Gasteiger partial charge in [0.1, 0.15) is 6.61 Å². The zero-order valence-electron chi connectivity index (χ0n) is 11.0. The number of hydrogen-bond acceptors (Lipinski definition) is 4. The summed E-state index contributed by atoms with van der Waals surface area (Å²) in [5.74, 6) is 5.40. The van der Waals surface area contributed by atoms with Crippen molar-refractivity contribution in [2.24, 2.45) is 0 Å². The number of amides is 1. The first-order valence-corrected chi connectivity index (χ1v) is 6.99. The summed E-state index contributed by atoms with van der Waals surface area (Å²) in [5.41, 5.74) is 0.972. The molecule has 2 rings (SSSR count). The molecule has 0 radical (unpaired) electrons. The van der Waals surface area contributed by atoms with Crippen LogP contribution in [0.25, 0.3) is 0 Å². The van der Waals surface area contributed by atoms with Gasteiger partial charge in [-0.1, -0.05) is 11.8 Å². The van der Waals surface area contributed by atoms with Crippen LogP contribution in [0.15, 0.2) is 6.07 Å². The zero-order valence-corrected chi connectivity index (χ0v) is 11.8. The van der Waals surface area contributed by atoms with Crippen molar-refractivity contribution < 1.29 is 14.6 Å². The maximum atomic E-state index is 12.0. The lowest BCUT2D eigenvalue weighted by molar-refractivity contribution is 0.0177. The number of aliphatic hydroxyl groups is 1. The van der Waals surface area contributed by atoms with Crippen molar-refractivity contribution in [2.75, 3.05) is 13.7 Å². The number of rotatable bonds is 3. The van der Waals surface area contributed by atoms with Crippen LogP contribution in [-0.2, 0) is 4.74 Å². The van der Waals surface area contributed by atoms with Gasteiger partial charge in [-0.15, -0.1) is 11.3 Å². The number of ether oxygens (including phenoxy) is 1. The third-order valence-electron chi connectivity index (χ3n) is 3.19. The molecule has 19 heavy (non-hydrogen) atoms. The minimum atomic E-state index is -0.167. The number of thiophene rings is 1. The highest BCUT2D eigenvalue weighted by Gasteiger charge is 2.30. The van der Waals surface area contributed by atoms with Gasteiger partial charge in [0.15, 0.2) is 0 Å². The molecule has 1 aliphatic rings. The molecule has 0 bridgehead atoms. The first-order valence-electron chi connectivity index (χ1n) is 6.18. The monoisotopic (exact) mass is 279 g/mol. The average molecular weight is 279 g/mol. The zero-order chi connectivity index (χ0) is 13.8. The molecule has 0 unspecified atom stereocenters. The number of methoxy groups -OCH3 is 1. The molecule has 1 aliphatic carbocycles. The van der Waals surface area contributed by atoms with E-state index in [-0.39, 0.29) is 24.7 Å². The van der Waals surface area contributed by atoms with Crippen LogP contribution in [0.1, 0.15) is 33.0 Å². The first kappa shape index (κ1) is 14.1. The van der Waals surface area contributed by atoms with Crippen molar-refractivity contribution in [1.82, 2.24) is 5.32 Å². The van der Waals surface area contributed by atoms with Crippen LogP contribution in [0.4, 0.5) is 0 Å². The summed E-state index contributed by atoms with van der Waals surface area (Å²) in [6.45, 7) is 1.75. The SMILES string of the molecule is COC1CC(NC(=O)c2cc(C)c(C#CCO)s2)C1. The molecular formula is C14H17NO3S. The van der Waals surface area contributed by atoms with Crippen molar-refractivity contribution >= 4 is 17.2 Å². The van der Waals surface area contributed by atoms with Gasteiger partial charge in [-0.05, 0) is 31.4 Å². The van der Waals surface area contributed by atoms with Gasteiger partial charge in [-0.3, -0.25) is 4.79 Å². The molecule has 4 nitrogen and oxygen atoms in total. The number of nitrogens with one attached hydrogen (secondary N) is 1. The fraction of sp³-hybridized carbons (Fsp3) is 0.500. The van der Waals surface area contributed by atoms with Crippen molar-refractivity contribution in [3.05, 3.63) is 21.4 Å². The molecule has 2 N–H and O–H groups in total. The fourth-order valence-corrected chi connectivity index (χ4v) is 2.92. The second kappa shape index (κ2) is 6.20. The molecule has 0 saturated heterocycles. The standard InChI is InChI=1S/C14H17NO3S/c1-9-6-13(19-12(9)4-3-5-16)14(17)15-10-7-11(8-10)18-2/h6,10-11,16H,5,7-8H2,1-2H3,(H,15,17). The Bertz CT molecular complexity index is 521. The lowest BCUT2D eigenvalue weighted by Crippen LogP contribution is -2.47. The molecule has 1 saturated carbocycles. The minimum Gasteiger partial charge on any atom is -0.384 e. The predicted molar refractivity (Wildman–Crippen MR) is 74.3 cm³/mol. The Morgan fingerprint density at radius 2 is 2.37 bits per heavy atom. The Morgan fingerprint density at radius 3 is 3.00 bits per heavy atom. The van der Waals surface area contributed by atoms with Crippen LogP contribution in [0.5, 0.6) is 0 Å². The number of aliphatic hydroxyl groups excluding tert-OH is 1. The van der Waals surface area contributed by atoms with Gasteiger partial charge in [0.25, 0.3) is 5.91 Å². The molecular weight excluding hydrogens is 262 g/mol. The van der Waals surface area contributed by atoms with Crippen LogP contribution < -0.4 is 5.32 Å². The van der Waals surface area contributed by atoms with E-state index < -0.39 is 0 Å². The van der Waals surface area contributed by atoms with E-state index in [2.05, 4.69) is 17.2 Å². The summed E-state index contributed by atoms with van der Waals surface area (Å²) in [4.78, 5) is 13.5.